The summed E-state index contributed by atoms with van der Waals surface area (Å²) < 4.78 is 46.7. The van der Waals surface area contributed by atoms with Crippen molar-refractivity contribution in [3.8, 4) is 11.4 Å². The van der Waals surface area contributed by atoms with E-state index >= 15 is 0 Å². The molecule has 1 aliphatic heterocycles. The second-order valence-electron chi connectivity index (χ2n) is 8.39. The first-order valence-corrected chi connectivity index (χ1v) is 11.3. The smallest absolute Gasteiger partial charge is 0.337 e. The van der Waals surface area contributed by atoms with Crippen molar-refractivity contribution in [1.82, 2.24) is 15.5 Å². The molecule has 32 heavy (non-hydrogen) atoms. The number of nitrogens with zero attached hydrogens (tertiary/aromatic N) is 2. The number of aryl methyl sites for hydroxylation is 3. The van der Waals surface area contributed by atoms with E-state index in [0.717, 1.165) is 50.3 Å². The second kappa shape index (κ2) is 9.86. The lowest BCUT2D eigenvalue weighted by Crippen LogP contribution is -2.13. The first-order valence-electron chi connectivity index (χ1n) is 11.3. The van der Waals surface area contributed by atoms with Gasteiger partial charge in [0.1, 0.15) is 0 Å². The van der Waals surface area contributed by atoms with Crippen molar-refractivity contribution in [3.63, 3.8) is 0 Å². The Balaban J connectivity index is 1.50. The van der Waals surface area contributed by atoms with Crippen LogP contribution in [0, 0.1) is 0 Å². The fourth-order valence-corrected chi connectivity index (χ4v) is 4.12. The molecule has 3 aromatic rings. The molecule has 170 valence electrons. The SMILES string of the molecule is CCCCc1ccc(CCc2ccc(-c3noc([C@@H]4CCCN4)n3)cc2C(F)(F)F)cc1. The fourth-order valence-electron chi connectivity index (χ4n) is 4.12. The summed E-state index contributed by atoms with van der Waals surface area (Å²) in [7, 11) is 0. The Morgan fingerprint density at radius 2 is 1.78 bits per heavy atom. The molecule has 0 bridgehead atoms. The lowest BCUT2D eigenvalue weighted by Gasteiger charge is -2.14. The molecule has 0 unspecified atom stereocenters. The Kier molecular flexibility index (Phi) is 6.94. The van der Waals surface area contributed by atoms with Gasteiger partial charge in [-0.3, -0.25) is 0 Å². The lowest BCUT2D eigenvalue weighted by atomic mass is 9.96. The summed E-state index contributed by atoms with van der Waals surface area (Å²) in [5, 5.41) is 7.17. The average molecular weight is 444 g/mol. The maximum absolute atomic E-state index is 13.8. The van der Waals surface area contributed by atoms with Gasteiger partial charge in [-0.2, -0.15) is 18.2 Å². The standard InChI is InChI=1S/C25H28F3N3O/c1-2-3-5-17-7-9-18(10-8-17)11-12-19-13-14-20(16-21(19)25(26,27)28)23-30-24(32-31-23)22-6-4-15-29-22/h7-10,13-14,16,22,29H,2-6,11-12,15H2,1H3/t22-/m0/s1. The molecular formula is C25H28F3N3O. The average Bonchev–Trinajstić information content (AvgIpc) is 3.48. The number of aromatic nitrogens is 2. The predicted molar refractivity (Wildman–Crippen MR) is 117 cm³/mol. The highest BCUT2D eigenvalue weighted by molar-refractivity contribution is 5.57. The molecule has 1 aromatic heterocycles. The number of halogens is 3. The van der Waals surface area contributed by atoms with E-state index in [0.29, 0.717) is 24.3 Å². The molecule has 7 heteroatoms. The Morgan fingerprint density at radius 1 is 1.03 bits per heavy atom. The largest absolute Gasteiger partial charge is 0.416 e. The van der Waals surface area contributed by atoms with Gasteiger partial charge in [0.15, 0.2) is 0 Å². The molecule has 4 rings (SSSR count). The molecule has 1 aliphatic rings. The van der Waals surface area contributed by atoms with Crippen molar-refractivity contribution < 1.29 is 17.7 Å². The van der Waals surface area contributed by atoms with Gasteiger partial charge in [-0.1, -0.05) is 54.9 Å². The number of alkyl halides is 3. The maximum atomic E-state index is 13.8. The zero-order valence-corrected chi connectivity index (χ0v) is 18.2. The molecule has 1 saturated heterocycles. The molecule has 0 amide bonds. The van der Waals surface area contributed by atoms with Crippen LogP contribution in [0.3, 0.4) is 0 Å². The van der Waals surface area contributed by atoms with E-state index in [1.165, 1.54) is 11.6 Å². The Labute approximate surface area is 186 Å². The number of hydrogen-bond acceptors (Lipinski definition) is 4. The van der Waals surface area contributed by atoms with Crippen molar-refractivity contribution >= 4 is 0 Å². The summed E-state index contributed by atoms with van der Waals surface area (Å²) in [6, 6.07) is 12.5. The quantitative estimate of drug-likeness (QED) is 0.443. The summed E-state index contributed by atoms with van der Waals surface area (Å²) in [4.78, 5) is 4.33. The monoisotopic (exact) mass is 443 g/mol. The summed E-state index contributed by atoms with van der Waals surface area (Å²) in [5.41, 5.74) is 2.25. The summed E-state index contributed by atoms with van der Waals surface area (Å²) >= 11 is 0. The minimum atomic E-state index is -4.45. The first kappa shape index (κ1) is 22.5. The van der Waals surface area contributed by atoms with Gasteiger partial charge in [0.05, 0.1) is 11.6 Å². The van der Waals surface area contributed by atoms with Crippen molar-refractivity contribution in [2.75, 3.05) is 6.54 Å². The molecule has 0 aliphatic carbocycles. The van der Waals surface area contributed by atoms with Gasteiger partial charge in [0.2, 0.25) is 11.7 Å². The zero-order valence-electron chi connectivity index (χ0n) is 18.2. The maximum Gasteiger partial charge on any atom is 0.416 e. The van der Waals surface area contributed by atoms with Crippen molar-refractivity contribution in [2.45, 2.75) is 64.1 Å². The van der Waals surface area contributed by atoms with Crippen molar-refractivity contribution in [3.05, 3.63) is 70.6 Å². The highest BCUT2D eigenvalue weighted by Gasteiger charge is 2.34. The van der Waals surface area contributed by atoms with Crippen LogP contribution < -0.4 is 5.32 Å². The van der Waals surface area contributed by atoms with Gasteiger partial charge in [-0.15, -0.1) is 0 Å². The molecular weight excluding hydrogens is 415 g/mol. The fraction of sp³-hybridized carbons (Fsp3) is 0.440. The first-order chi connectivity index (χ1) is 15.4. The molecule has 1 atom stereocenters. The molecule has 0 spiro atoms. The summed E-state index contributed by atoms with van der Waals surface area (Å²) in [5.74, 6) is 0.617. The van der Waals surface area contributed by atoms with Crippen LogP contribution >= 0.6 is 0 Å². The predicted octanol–water partition coefficient (Wildman–Crippen LogP) is 6.31. The number of nitrogens with one attached hydrogen (secondary N) is 1. The van der Waals surface area contributed by atoms with Crippen LogP contribution in [0.5, 0.6) is 0 Å². The Morgan fingerprint density at radius 3 is 2.44 bits per heavy atom. The Bertz CT molecular complexity index is 1020. The van der Waals surface area contributed by atoms with Gasteiger partial charge in [-0.05, 0) is 67.8 Å². The minimum absolute atomic E-state index is 0.0222. The van der Waals surface area contributed by atoms with E-state index in [1.54, 1.807) is 6.07 Å². The highest BCUT2D eigenvalue weighted by atomic mass is 19.4. The van der Waals surface area contributed by atoms with Crippen LogP contribution in [0.2, 0.25) is 0 Å². The summed E-state index contributed by atoms with van der Waals surface area (Å²) in [6.07, 6.45) is 1.62. The molecule has 0 saturated carbocycles. The third kappa shape index (κ3) is 5.38. The summed E-state index contributed by atoms with van der Waals surface area (Å²) in [6.45, 7) is 3.03. The van der Waals surface area contributed by atoms with E-state index in [2.05, 4.69) is 34.5 Å². The Hall–Kier alpha value is -2.67. The third-order valence-electron chi connectivity index (χ3n) is 6.00. The van der Waals surface area contributed by atoms with Crippen LogP contribution in [0.4, 0.5) is 13.2 Å². The van der Waals surface area contributed by atoms with Crippen LogP contribution in [0.15, 0.2) is 47.0 Å². The van der Waals surface area contributed by atoms with Crippen molar-refractivity contribution in [2.24, 2.45) is 0 Å². The molecule has 2 aromatic carbocycles. The van der Waals surface area contributed by atoms with E-state index < -0.39 is 11.7 Å². The van der Waals surface area contributed by atoms with E-state index in [-0.39, 0.29) is 17.4 Å². The normalized spacial score (nSPS) is 16.6. The molecule has 1 fully saturated rings. The van der Waals surface area contributed by atoms with Gasteiger partial charge >= 0.3 is 6.18 Å². The van der Waals surface area contributed by atoms with Gasteiger partial charge in [0.25, 0.3) is 0 Å². The lowest BCUT2D eigenvalue weighted by molar-refractivity contribution is -0.138. The van der Waals surface area contributed by atoms with Crippen molar-refractivity contribution in [1.29, 1.82) is 0 Å². The van der Waals surface area contributed by atoms with E-state index in [9.17, 15) is 13.2 Å². The highest BCUT2D eigenvalue weighted by Crippen LogP contribution is 2.35. The van der Waals surface area contributed by atoms with Gasteiger partial charge in [-0.25, -0.2) is 0 Å². The number of hydrogen-bond donors (Lipinski definition) is 1. The van der Waals surface area contributed by atoms with E-state index in [1.807, 2.05) is 12.1 Å². The van der Waals surface area contributed by atoms with Gasteiger partial charge < -0.3 is 9.84 Å². The minimum Gasteiger partial charge on any atom is -0.337 e. The van der Waals surface area contributed by atoms with Gasteiger partial charge in [0, 0.05) is 5.56 Å². The topological polar surface area (TPSA) is 51.0 Å². The molecule has 1 N–H and O–H groups in total. The van der Waals surface area contributed by atoms with Crippen LogP contribution in [0.25, 0.3) is 11.4 Å². The molecule has 0 radical (unpaired) electrons. The van der Waals surface area contributed by atoms with Crippen LogP contribution in [0.1, 0.15) is 66.8 Å². The van der Waals surface area contributed by atoms with Crippen LogP contribution in [-0.2, 0) is 25.4 Å². The number of benzene rings is 2. The number of unbranched alkanes of at least 4 members (excludes halogenated alkanes) is 1. The third-order valence-corrected chi connectivity index (χ3v) is 6.00. The van der Waals surface area contributed by atoms with E-state index in [4.69, 9.17) is 4.52 Å². The number of rotatable bonds is 8. The molecule has 4 nitrogen and oxygen atoms in total. The zero-order chi connectivity index (χ0) is 22.6. The van der Waals surface area contributed by atoms with Crippen LogP contribution in [-0.4, -0.2) is 16.7 Å². The molecule has 2 heterocycles. The second-order valence-corrected chi connectivity index (χ2v) is 8.39.